The van der Waals surface area contributed by atoms with Crippen LogP contribution in [0.4, 0.5) is 50.4 Å². The van der Waals surface area contributed by atoms with Crippen molar-refractivity contribution in [1.29, 1.82) is 0 Å². The second-order valence-electron chi connectivity index (χ2n) is 32.4. The first kappa shape index (κ1) is 124. The molecule has 3 aliphatic heterocycles. The Morgan fingerprint density at radius 2 is 0.779 bits per heavy atom. The third-order valence-electron chi connectivity index (χ3n) is 22.3. The number of nitrogen functional groups attached to an aromatic ring is 1. The number of hydrogen-bond acceptors (Lipinski definition) is 23. The van der Waals surface area contributed by atoms with E-state index < -0.39 is 58.9 Å². The van der Waals surface area contributed by atoms with Gasteiger partial charge in [-0.1, -0.05) is 34.1 Å². The smallest absolute Gasteiger partial charge is 1.00 e. The largest absolute Gasteiger partial charge is 1.00 e. The molecule has 0 bridgehead atoms. The molecule has 38 heteroatoms. The number of aldehydes is 1. The van der Waals surface area contributed by atoms with Crippen LogP contribution in [0.2, 0.25) is 0 Å². The van der Waals surface area contributed by atoms with Gasteiger partial charge < -0.3 is 94.7 Å². The number of aliphatic hydroxyl groups is 1. The number of halogens is 6. The van der Waals surface area contributed by atoms with Crippen molar-refractivity contribution in [1.82, 2.24) is 4.98 Å². The van der Waals surface area contributed by atoms with Crippen molar-refractivity contribution in [2.75, 3.05) is 114 Å². The van der Waals surface area contributed by atoms with Gasteiger partial charge >= 0.3 is 71.3 Å². The van der Waals surface area contributed by atoms with Gasteiger partial charge in [-0.15, -0.1) is 0 Å². The Labute approximate surface area is 894 Å². The first-order valence-electron chi connectivity index (χ1n) is 45.8. The summed E-state index contributed by atoms with van der Waals surface area (Å²) in [5.74, 6) is -7.46. The molecular formula is C111H110BBrF5N11NaO19. The molecule has 0 spiro atoms. The van der Waals surface area contributed by atoms with Crippen molar-refractivity contribution in [3.63, 3.8) is 0 Å². The molecule has 10 aromatic carbocycles. The second-order valence-corrected chi connectivity index (χ2v) is 33.0. The fraction of sp³-hybridized carbons (Fsp3) is 0.279. The zero-order valence-corrected chi connectivity index (χ0v) is 87.5. The SMILES string of the molecule is COC(=O)c1cc(C=O)ccc1F.COC(=O)c1cc(CBr)ccc1F.COC(=O)c1cc(CO)ccc1F.Cc1cc(=O)[nH]c2ccc(N)cc12.[B].[C-]#[N+]Cc1ccc(F)c(C(=O)OC)c1.[C-]#[N+]Cc1ccc(F)c(C(=O)OCC)c1.[C-]#[N+]Cc1ccc(N2CCCC2)c(C(=O)Nc2ccc3c(c2)C(C)=CC(=O)C3)c1.[C-]#[N+]Cc1ccc(N2CCCC2)c(C(=O)OC)c1.[C-]#[N+]Cc1ccc(N2CCCC2)c(C(=O)OCC)c1.[H-].[Na+]. The topological polar surface area (TPSA) is 358 Å². The number of rotatable bonds is 22. The molecule has 3 saturated heterocycles. The van der Waals surface area contributed by atoms with E-state index >= 15 is 0 Å². The predicted molar refractivity (Wildman–Crippen MR) is 557 cm³/mol. The number of methoxy groups -OCH3 is 5. The molecule has 4 aliphatic rings. The maximum Gasteiger partial charge on any atom is 1.00 e. The number of aryl methyl sites for hydroxylation is 1. The number of carbonyl (C=O) groups excluding carboxylic acids is 10. The number of benzene rings is 10. The minimum atomic E-state index is -0.791. The van der Waals surface area contributed by atoms with Crippen molar-refractivity contribution >= 4 is 129 Å². The van der Waals surface area contributed by atoms with Crippen molar-refractivity contribution in [3.05, 3.63) is 396 Å². The Bertz CT molecular complexity index is 6840. The number of nitrogens with one attached hydrogen (secondary N) is 2. The summed E-state index contributed by atoms with van der Waals surface area (Å²) < 4.78 is 97.3. The maximum absolute atomic E-state index is 13.2. The van der Waals surface area contributed by atoms with Crippen LogP contribution in [-0.4, -0.2) is 166 Å². The van der Waals surface area contributed by atoms with Gasteiger partial charge in [-0.25, -0.2) is 88.4 Å². The number of H-pyrrole nitrogens is 1. The van der Waals surface area contributed by atoms with Gasteiger partial charge in [0.25, 0.3) is 5.91 Å². The summed E-state index contributed by atoms with van der Waals surface area (Å²) in [4.78, 5) is 151. The van der Waals surface area contributed by atoms with Crippen LogP contribution in [0.15, 0.2) is 199 Å². The summed E-state index contributed by atoms with van der Waals surface area (Å²) in [6.45, 7) is 48.8. The van der Waals surface area contributed by atoms with Gasteiger partial charge in [0.2, 0.25) is 38.3 Å². The van der Waals surface area contributed by atoms with Crippen LogP contribution in [0.5, 0.6) is 0 Å². The monoisotopic (exact) mass is 2110 g/mol. The number of fused-ring (bicyclic) bond motifs is 2. The van der Waals surface area contributed by atoms with Crippen molar-refractivity contribution in [2.24, 2.45) is 0 Å². The summed E-state index contributed by atoms with van der Waals surface area (Å²) >= 11 is 3.21. The average molecular weight is 2110 g/mol. The standard InChI is InChI=1S/C24H23N3O2.C15H18N2O2.C14H16N2O2.C11H10FNO2.C10H8FNO2.C10H10N2O.C9H8BrFO2.C9H9FO3.C9H7FO3.B.Na.H/c1-16-11-20(28)13-18-6-7-19(14-21(16)18)26-24(29)22-12-17(15-25-2)5-8-23(22)27-9-3-4-10-27;1-3-19-15(18)13-10-12(11-16-2)6-7-14(13)17-8-4-5-9-17;1-15-10-11-5-6-13(16-7-3-4-8-16)12(9-11)14(17)18-2;1-3-15-11(14)9-6-8(7-13-2)4-5-10(9)12;1-12-6-7-3-4-9(11)8(5-7)10(13)14-2;1-6-4-10(13)12-9-3-2-7(11)5-8(6)9;1-13-9(12)7-4-6(5-10)2-3-8(7)11;2*1-13-9(12)7-4-6(5-11)2-3-8(7)10;;;/h5-8,11-12,14H,3-4,9-10,13,15H2,1H3,(H,26,29);6-7,10H,3-5,8-9,11H2,1H3;5-6,9H,3-4,7-8,10H2,2H3;4-6H,3,7H2,1H3;3-5H,6H2,2H3;2-5H,11H2,1H3,(H,12,13);2-4H,5H2,1H3;2-4,11H,5H2,1H3;2-5H,1H3;;;/q;;;;;;;;;;+1;-1. The average Bonchev–Trinajstić information content (AvgIpc) is 1.12. The third kappa shape index (κ3) is 37.5. The Hall–Kier alpha value is -15.9. The number of allylic oxidation sites excluding steroid dienone is 2. The number of pyridine rings is 1. The minimum Gasteiger partial charge on any atom is -1.00 e. The van der Waals surface area contributed by atoms with E-state index in [4.69, 9.17) is 53.2 Å². The second kappa shape index (κ2) is 64.1. The van der Waals surface area contributed by atoms with Gasteiger partial charge in [-0.2, -0.15) is 0 Å². The van der Waals surface area contributed by atoms with E-state index in [1.807, 2.05) is 86.6 Å². The molecule has 15 rings (SSSR count). The van der Waals surface area contributed by atoms with Crippen molar-refractivity contribution in [3.8, 4) is 0 Å². The van der Waals surface area contributed by atoms with Crippen LogP contribution in [0.3, 0.4) is 0 Å². The predicted octanol–water partition coefficient (Wildman–Crippen LogP) is 17.5. The Balaban J connectivity index is 0.000000356. The number of aromatic amines is 1. The molecule has 0 atom stereocenters. The van der Waals surface area contributed by atoms with E-state index in [9.17, 15) is 74.7 Å². The molecule has 149 heavy (non-hydrogen) atoms. The number of ether oxygens (including phenoxy) is 7. The Morgan fingerprint density at radius 1 is 0.443 bits per heavy atom. The van der Waals surface area contributed by atoms with Gasteiger partial charge in [0.15, 0.2) is 5.78 Å². The maximum atomic E-state index is 13.2. The van der Waals surface area contributed by atoms with Crippen molar-refractivity contribution in [2.45, 2.75) is 117 Å². The van der Waals surface area contributed by atoms with Gasteiger partial charge in [-0.05, 0) is 269 Å². The summed E-state index contributed by atoms with van der Waals surface area (Å²) in [5.41, 5.74) is 20.9. The molecule has 4 heterocycles. The number of ketones is 1. The third-order valence-corrected chi connectivity index (χ3v) is 22.9. The van der Waals surface area contributed by atoms with Crippen LogP contribution in [0, 0.1) is 68.9 Å². The number of aromatic nitrogens is 1. The molecule has 5 N–H and O–H groups in total. The van der Waals surface area contributed by atoms with Gasteiger partial charge in [0.05, 0.1) is 111 Å². The van der Waals surface area contributed by atoms with Crippen LogP contribution < -0.4 is 60.9 Å². The zero-order chi connectivity index (χ0) is 108. The molecule has 0 saturated carbocycles. The number of anilines is 5. The normalized spacial score (nSPS) is 11.8. The molecular weight excluding hydrogens is 2000 g/mol. The van der Waals surface area contributed by atoms with Gasteiger partial charge in [-0.3, -0.25) is 19.2 Å². The molecule has 30 nitrogen and oxygen atoms in total. The summed E-state index contributed by atoms with van der Waals surface area (Å²) in [5, 5.41) is 13.3. The number of hydrogen-bond donors (Lipinski definition) is 4. The molecule has 11 aromatic rings. The van der Waals surface area contributed by atoms with Crippen LogP contribution in [0.1, 0.15) is 210 Å². The van der Waals surface area contributed by atoms with Crippen LogP contribution in [0.25, 0.3) is 40.7 Å². The van der Waals surface area contributed by atoms with E-state index in [2.05, 4.69) is 88.8 Å². The summed E-state index contributed by atoms with van der Waals surface area (Å²) in [6.07, 6.45) is 9.48. The zero-order valence-electron chi connectivity index (χ0n) is 84.9. The van der Waals surface area contributed by atoms with Gasteiger partial charge in [0.1, 0.15) is 35.4 Å². The fourth-order valence-corrected chi connectivity index (χ4v) is 15.5. The first-order valence-corrected chi connectivity index (χ1v) is 47.0. The molecule has 1 amide bonds. The Morgan fingerprint density at radius 3 is 1.17 bits per heavy atom. The number of aliphatic hydroxyl groups excluding tert-OH is 1. The van der Waals surface area contributed by atoms with E-state index in [0.29, 0.717) is 82.5 Å². The van der Waals surface area contributed by atoms with E-state index in [1.165, 1.54) is 89.1 Å². The molecule has 769 valence electrons. The van der Waals surface area contributed by atoms with Gasteiger partial charge in [0, 0.05) is 127 Å². The number of nitrogens with zero attached hydrogens (tertiary/aromatic N) is 8. The quantitative estimate of drug-likeness (QED) is 0.00715. The molecule has 3 radical (unpaired) electrons. The van der Waals surface area contributed by atoms with Crippen molar-refractivity contribution < 1.29 is 139 Å². The fourth-order valence-electron chi connectivity index (χ4n) is 15.1. The number of nitrogens with two attached hydrogens (primary N) is 1. The number of amides is 1. The number of alkyl halides is 1. The Kier molecular flexibility index (Phi) is 53.2. The van der Waals surface area contributed by atoms with Crippen LogP contribution in [-0.2, 0) is 89.0 Å². The van der Waals surface area contributed by atoms with E-state index in [-0.39, 0.29) is 135 Å². The molecule has 1 aliphatic carbocycles. The molecule has 1 aromatic heterocycles. The number of carbonyl (C=O) groups is 10. The first-order chi connectivity index (χ1) is 70.7. The molecule has 0 unspecified atom stereocenters. The summed E-state index contributed by atoms with van der Waals surface area (Å²) in [6, 6.07) is 49.3. The van der Waals surface area contributed by atoms with E-state index in [0.717, 1.165) is 182 Å². The number of esters is 7. The minimum absolute atomic E-state index is 0. The van der Waals surface area contributed by atoms with Crippen LogP contribution >= 0.6 is 15.9 Å². The van der Waals surface area contributed by atoms with E-state index in [1.54, 1.807) is 50.3 Å². The summed E-state index contributed by atoms with van der Waals surface area (Å²) in [7, 11) is 6.12. The molecule has 3 fully saturated rings.